The number of hydrogen-bond acceptors (Lipinski definition) is 5. The molecule has 0 unspecified atom stereocenters. The quantitative estimate of drug-likeness (QED) is 0.285. The maximum atomic E-state index is 15.2. The number of pyridine rings is 1. The third kappa shape index (κ3) is 3.00. The van der Waals surface area contributed by atoms with Crippen molar-refractivity contribution in [1.29, 1.82) is 0 Å². The Balaban J connectivity index is 1.53. The van der Waals surface area contributed by atoms with E-state index in [2.05, 4.69) is 24.0 Å². The second kappa shape index (κ2) is 7.79. The minimum Gasteiger partial charge on any atom is -0.361 e. The van der Waals surface area contributed by atoms with Crippen molar-refractivity contribution in [2.45, 2.75) is 44.4 Å². The van der Waals surface area contributed by atoms with E-state index >= 15 is 4.39 Å². The standard InChI is InChI=1S/C30H25FN4O/c1-17-24-11-10-23-26(22-7-3-4-9-25(22)31)34-29(21-8-5-6-18-15-32-13-12-20(18)21)35-28(23)30(24,2)14-19-16-33-36-27(17)19/h3-9,12-13,15-17,24H,10-11,14H2,1-2H3/t17-,24-,30-/m1/s1. The molecule has 5 aromatic rings. The van der Waals surface area contributed by atoms with Crippen LogP contribution in [0.15, 0.2) is 71.6 Å². The highest BCUT2D eigenvalue weighted by Crippen LogP contribution is 2.54. The van der Waals surface area contributed by atoms with Crippen LogP contribution in [0.1, 0.15) is 48.8 Å². The molecule has 3 aromatic heterocycles. The van der Waals surface area contributed by atoms with Crippen molar-refractivity contribution < 1.29 is 8.91 Å². The molecule has 0 fully saturated rings. The van der Waals surface area contributed by atoms with E-state index in [1.165, 1.54) is 6.07 Å². The van der Waals surface area contributed by atoms with E-state index in [-0.39, 0.29) is 17.2 Å². The minimum atomic E-state index is -0.267. The third-order valence-electron chi connectivity index (χ3n) is 8.37. The third-order valence-corrected chi connectivity index (χ3v) is 8.37. The Morgan fingerprint density at radius 1 is 1.00 bits per heavy atom. The Hall–Kier alpha value is -3.93. The molecule has 178 valence electrons. The molecule has 2 aliphatic rings. The fourth-order valence-corrected chi connectivity index (χ4v) is 6.67. The van der Waals surface area contributed by atoms with Crippen molar-refractivity contribution in [1.82, 2.24) is 20.1 Å². The average molecular weight is 477 g/mol. The number of halogens is 1. The van der Waals surface area contributed by atoms with Crippen LogP contribution < -0.4 is 0 Å². The van der Waals surface area contributed by atoms with Crippen LogP contribution in [0.2, 0.25) is 0 Å². The lowest BCUT2D eigenvalue weighted by Gasteiger charge is -2.47. The van der Waals surface area contributed by atoms with Crippen LogP contribution in [0.25, 0.3) is 33.4 Å². The van der Waals surface area contributed by atoms with Crippen molar-refractivity contribution in [3.05, 3.63) is 95.5 Å². The normalized spacial score (nSPS) is 22.6. The zero-order chi connectivity index (χ0) is 24.4. The number of aromatic nitrogens is 4. The summed E-state index contributed by atoms with van der Waals surface area (Å²) >= 11 is 0. The molecule has 36 heavy (non-hydrogen) atoms. The zero-order valence-electron chi connectivity index (χ0n) is 20.2. The van der Waals surface area contributed by atoms with E-state index in [1.807, 2.05) is 48.8 Å². The SMILES string of the molecule is C[C@H]1c2oncc2C[C@@]2(C)c3nc(-c4cccc5cnccc45)nc(-c4ccccc4F)c3CC[C@H]12. The molecular formula is C30H25FN4O. The van der Waals surface area contributed by atoms with Gasteiger partial charge in [-0.3, -0.25) is 4.98 Å². The zero-order valence-corrected chi connectivity index (χ0v) is 20.2. The second-order valence-electron chi connectivity index (χ2n) is 10.3. The van der Waals surface area contributed by atoms with Gasteiger partial charge < -0.3 is 4.52 Å². The smallest absolute Gasteiger partial charge is 0.160 e. The largest absolute Gasteiger partial charge is 0.361 e. The highest BCUT2D eigenvalue weighted by Gasteiger charge is 2.50. The van der Waals surface area contributed by atoms with Gasteiger partial charge in [0.25, 0.3) is 0 Å². The van der Waals surface area contributed by atoms with Crippen LogP contribution in [0, 0.1) is 11.7 Å². The first-order valence-electron chi connectivity index (χ1n) is 12.5. The minimum absolute atomic E-state index is 0.230. The Bertz CT molecular complexity index is 1640. The van der Waals surface area contributed by atoms with Gasteiger partial charge in [0, 0.05) is 51.4 Å². The van der Waals surface area contributed by atoms with Crippen LogP contribution >= 0.6 is 0 Å². The summed E-state index contributed by atoms with van der Waals surface area (Å²) in [5.41, 5.74) is 5.12. The summed E-state index contributed by atoms with van der Waals surface area (Å²) in [7, 11) is 0. The van der Waals surface area contributed by atoms with Crippen molar-refractivity contribution in [2.75, 3.05) is 0 Å². The number of nitrogens with zero attached hydrogens (tertiary/aromatic N) is 4. The molecule has 0 radical (unpaired) electrons. The Kier molecular flexibility index (Phi) is 4.62. The van der Waals surface area contributed by atoms with Gasteiger partial charge in [-0.1, -0.05) is 49.3 Å². The molecule has 0 amide bonds. The van der Waals surface area contributed by atoms with Gasteiger partial charge in [0.1, 0.15) is 11.6 Å². The maximum absolute atomic E-state index is 15.2. The Morgan fingerprint density at radius 2 is 1.86 bits per heavy atom. The fourth-order valence-electron chi connectivity index (χ4n) is 6.67. The lowest BCUT2D eigenvalue weighted by atomic mass is 9.56. The molecule has 0 N–H and O–H groups in total. The van der Waals surface area contributed by atoms with E-state index in [1.54, 1.807) is 12.3 Å². The first-order chi connectivity index (χ1) is 17.5. The van der Waals surface area contributed by atoms with Crippen molar-refractivity contribution >= 4 is 10.8 Å². The summed E-state index contributed by atoms with van der Waals surface area (Å²) in [6.07, 6.45) is 8.04. The van der Waals surface area contributed by atoms with E-state index < -0.39 is 0 Å². The highest BCUT2D eigenvalue weighted by molar-refractivity contribution is 5.94. The van der Waals surface area contributed by atoms with Gasteiger partial charge in [-0.05, 0) is 48.8 Å². The van der Waals surface area contributed by atoms with Crippen LogP contribution in [0.4, 0.5) is 4.39 Å². The summed E-state index contributed by atoms with van der Waals surface area (Å²) in [5.74, 6) is 1.92. The van der Waals surface area contributed by atoms with Gasteiger partial charge in [-0.15, -0.1) is 0 Å². The number of rotatable bonds is 2. The molecule has 0 saturated heterocycles. The number of hydrogen-bond donors (Lipinski definition) is 0. The van der Waals surface area contributed by atoms with E-state index in [9.17, 15) is 0 Å². The summed E-state index contributed by atoms with van der Waals surface area (Å²) in [4.78, 5) is 14.6. The molecule has 0 saturated carbocycles. The van der Waals surface area contributed by atoms with Crippen molar-refractivity contribution in [3.63, 3.8) is 0 Å². The van der Waals surface area contributed by atoms with Gasteiger partial charge in [-0.2, -0.15) is 0 Å². The Labute approximate surface area is 208 Å². The van der Waals surface area contributed by atoms with E-state index in [0.717, 1.165) is 58.2 Å². The second-order valence-corrected chi connectivity index (χ2v) is 10.3. The molecular weight excluding hydrogens is 451 g/mol. The van der Waals surface area contributed by atoms with Crippen LogP contribution in [0.3, 0.4) is 0 Å². The predicted molar refractivity (Wildman–Crippen MR) is 136 cm³/mol. The van der Waals surface area contributed by atoms with Gasteiger partial charge in [0.2, 0.25) is 0 Å². The van der Waals surface area contributed by atoms with Gasteiger partial charge in [0.05, 0.1) is 17.6 Å². The first-order valence-corrected chi connectivity index (χ1v) is 12.5. The average Bonchev–Trinajstić information content (AvgIpc) is 3.36. The topological polar surface area (TPSA) is 64.7 Å². The molecule has 0 bridgehead atoms. The highest BCUT2D eigenvalue weighted by atomic mass is 19.1. The summed E-state index contributed by atoms with van der Waals surface area (Å²) in [6, 6.07) is 15.0. The van der Waals surface area contributed by atoms with E-state index in [0.29, 0.717) is 23.0 Å². The molecule has 7 rings (SSSR count). The van der Waals surface area contributed by atoms with Gasteiger partial charge in [-0.25, -0.2) is 14.4 Å². The van der Waals surface area contributed by atoms with Gasteiger partial charge >= 0.3 is 0 Å². The monoisotopic (exact) mass is 476 g/mol. The molecule has 2 aliphatic carbocycles. The maximum Gasteiger partial charge on any atom is 0.160 e. The van der Waals surface area contributed by atoms with Crippen molar-refractivity contribution in [2.24, 2.45) is 5.92 Å². The number of benzene rings is 2. The molecule has 3 heterocycles. The van der Waals surface area contributed by atoms with Gasteiger partial charge in [0.15, 0.2) is 5.82 Å². The summed E-state index contributed by atoms with van der Waals surface area (Å²) < 4.78 is 20.9. The van der Waals surface area contributed by atoms with Crippen LogP contribution in [-0.2, 0) is 18.3 Å². The molecule has 0 spiro atoms. The predicted octanol–water partition coefficient (Wildman–Crippen LogP) is 6.67. The molecule has 5 nitrogen and oxygen atoms in total. The van der Waals surface area contributed by atoms with Crippen molar-refractivity contribution in [3.8, 4) is 22.6 Å². The summed E-state index contributed by atoms with van der Waals surface area (Å²) in [6.45, 7) is 4.53. The lowest BCUT2D eigenvalue weighted by Crippen LogP contribution is -2.45. The van der Waals surface area contributed by atoms with Crippen LogP contribution in [-0.4, -0.2) is 20.1 Å². The fraction of sp³-hybridized carbons (Fsp3) is 0.267. The molecule has 2 aromatic carbocycles. The molecule has 6 heteroatoms. The molecule has 3 atom stereocenters. The number of fused-ring (bicyclic) bond motifs is 5. The lowest BCUT2D eigenvalue weighted by molar-refractivity contribution is 0.172. The van der Waals surface area contributed by atoms with E-state index in [4.69, 9.17) is 14.5 Å². The summed E-state index contributed by atoms with van der Waals surface area (Å²) in [5, 5.41) is 6.16. The molecule has 0 aliphatic heterocycles. The first kappa shape index (κ1) is 21.4. The van der Waals surface area contributed by atoms with Crippen LogP contribution in [0.5, 0.6) is 0 Å². The Morgan fingerprint density at radius 3 is 2.75 bits per heavy atom.